The second kappa shape index (κ2) is 9.99. The molecule has 3 heteroatoms. The lowest BCUT2D eigenvalue weighted by molar-refractivity contribution is -0.132. The number of aryl methyl sites for hydroxylation is 2. The zero-order valence-electron chi connectivity index (χ0n) is 19.5. The Hall–Kier alpha value is -2.13. The van der Waals surface area contributed by atoms with E-state index in [-0.39, 0.29) is 5.91 Å². The minimum absolute atomic E-state index is 0.256. The van der Waals surface area contributed by atoms with Crippen molar-refractivity contribution in [2.75, 3.05) is 19.6 Å². The van der Waals surface area contributed by atoms with Crippen LogP contribution in [0.2, 0.25) is 0 Å². The van der Waals surface area contributed by atoms with Crippen LogP contribution in [0.25, 0.3) is 0 Å². The zero-order valence-corrected chi connectivity index (χ0v) is 19.5. The molecular formula is C28H38N2O. The molecule has 2 aliphatic rings. The minimum atomic E-state index is 0.256. The standard InChI is InChI=1S/C28H38N2O/c1-21-9-13-24(14-10-21)17-29-18-26(28(20-29)25-15-11-22(2)12-16-25)19-30(23(3)31)27-7-5-4-6-8-27/h9-16,26-28H,4-8,17-20H2,1-3H3/t26-,28+/m0/s1. The Balaban J connectivity index is 1.53. The maximum atomic E-state index is 12.6. The molecule has 0 bridgehead atoms. The fraction of sp³-hybridized carbons (Fsp3) is 0.536. The average Bonchev–Trinajstić information content (AvgIpc) is 3.17. The number of carbonyl (C=O) groups excluding carboxylic acids is 1. The fourth-order valence-corrected chi connectivity index (χ4v) is 5.60. The molecule has 2 aromatic rings. The van der Waals surface area contributed by atoms with Crippen LogP contribution in [0.5, 0.6) is 0 Å². The van der Waals surface area contributed by atoms with Gasteiger partial charge in [-0.1, -0.05) is 78.9 Å². The van der Waals surface area contributed by atoms with Crippen LogP contribution >= 0.6 is 0 Å². The van der Waals surface area contributed by atoms with E-state index in [0.29, 0.717) is 17.9 Å². The van der Waals surface area contributed by atoms with E-state index in [2.05, 4.69) is 72.2 Å². The first-order valence-corrected chi connectivity index (χ1v) is 12.1. The molecule has 2 aromatic carbocycles. The van der Waals surface area contributed by atoms with E-state index >= 15 is 0 Å². The SMILES string of the molecule is CC(=O)N(C[C@@H]1CN(Cc2ccc(C)cc2)C[C@@H]1c1ccc(C)cc1)C1CCCCC1. The van der Waals surface area contributed by atoms with Crippen LogP contribution in [0.15, 0.2) is 48.5 Å². The maximum absolute atomic E-state index is 12.6. The summed E-state index contributed by atoms with van der Waals surface area (Å²) in [6.45, 7) is 10.1. The van der Waals surface area contributed by atoms with Crippen LogP contribution in [0.3, 0.4) is 0 Å². The van der Waals surface area contributed by atoms with Crippen molar-refractivity contribution in [1.29, 1.82) is 0 Å². The van der Waals surface area contributed by atoms with Crippen molar-refractivity contribution >= 4 is 5.91 Å². The van der Waals surface area contributed by atoms with E-state index in [4.69, 9.17) is 0 Å². The Morgan fingerprint density at radius 1 is 0.903 bits per heavy atom. The van der Waals surface area contributed by atoms with Crippen LogP contribution in [-0.2, 0) is 11.3 Å². The number of rotatable bonds is 6. The van der Waals surface area contributed by atoms with E-state index in [1.807, 2.05) is 0 Å². The first-order chi connectivity index (χ1) is 15.0. The van der Waals surface area contributed by atoms with Gasteiger partial charge in [-0.15, -0.1) is 0 Å². The highest BCUT2D eigenvalue weighted by Crippen LogP contribution is 2.35. The summed E-state index contributed by atoms with van der Waals surface area (Å²) >= 11 is 0. The molecule has 1 aliphatic carbocycles. The largest absolute Gasteiger partial charge is 0.340 e. The normalized spacial score (nSPS) is 22.5. The summed E-state index contributed by atoms with van der Waals surface area (Å²) in [4.78, 5) is 17.5. The molecule has 2 atom stereocenters. The van der Waals surface area contributed by atoms with Crippen LogP contribution in [0.4, 0.5) is 0 Å². The minimum Gasteiger partial charge on any atom is -0.340 e. The van der Waals surface area contributed by atoms with Gasteiger partial charge in [0.05, 0.1) is 0 Å². The molecule has 2 fully saturated rings. The first-order valence-electron chi connectivity index (χ1n) is 12.1. The lowest BCUT2D eigenvalue weighted by Crippen LogP contribution is -2.44. The average molecular weight is 419 g/mol. The quantitative estimate of drug-likeness (QED) is 0.601. The van der Waals surface area contributed by atoms with Crippen molar-refractivity contribution < 1.29 is 4.79 Å². The number of nitrogens with zero attached hydrogens (tertiary/aromatic N) is 2. The Labute approximate surface area is 188 Å². The summed E-state index contributed by atoms with van der Waals surface area (Å²) in [6, 6.07) is 18.5. The number of hydrogen-bond acceptors (Lipinski definition) is 2. The van der Waals surface area contributed by atoms with Gasteiger partial charge in [0.2, 0.25) is 5.91 Å². The van der Waals surface area contributed by atoms with Gasteiger partial charge in [0.1, 0.15) is 0 Å². The smallest absolute Gasteiger partial charge is 0.219 e. The summed E-state index contributed by atoms with van der Waals surface area (Å²) in [5.74, 6) is 1.22. The maximum Gasteiger partial charge on any atom is 0.219 e. The number of amides is 1. The third-order valence-corrected chi connectivity index (χ3v) is 7.40. The van der Waals surface area contributed by atoms with Gasteiger partial charge in [-0.05, 0) is 43.7 Å². The Kier molecular flexibility index (Phi) is 7.12. The van der Waals surface area contributed by atoms with Crippen molar-refractivity contribution in [3.05, 3.63) is 70.8 Å². The van der Waals surface area contributed by atoms with Crippen molar-refractivity contribution in [2.45, 2.75) is 71.4 Å². The van der Waals surface area contributed by atoms with Gasteiger partial charge in [0.15, 0.2) is 0 Å². The molecule has 1 saturated carbocycles. The van der Waals surface area contributed by atoms with Gasteiger partial charge in [-0.2, -0.15) is 0 Å². The Morgan fingerprint density at radius 2 is 1.52 bits per heavy atom. The van der Waals surface area contributed by atoms with Gasteiger partial charge >= 0.3 is 0 Å². The van der Waals surface area contributed by atoms with Crippen LogP contribution in [0, 0.1) is 19.8 Å². The zero-order chi connectivity index (χ0) is 21.8. The van der Waals surface area contributed by atoms with Crippen LogP contribution < -0.4 is 0 Å². The summed E-state index contributed by atoms with van der Waals surface area (Å²) in [7, 11) is 0. The topological polar surface area (TPSA) is 23.6 Å². The highest BCUT2D eigenvalue weighted by molar-refractivity contribution is 5.73. The van der Waals surface area contributed by atoms with Crippen molar-refractivity contribution in [1.82, 2.24) is 9.80 Å². The number of benzene rings is 2. The molecule has 3 nitrogen and oxygen atoms in total. The first kappa shape index (κ1) is 22.1. The third kappa shape index (κ3) is 5.57. The van der Waals surface area contributed by atoms with Crippen molar-refractivity contribution in [3.8, 4) is 0 Å². The second-order valence-corrected chi connectivity index (χ2v) is 9.92. The second-order valence-electron chi connectivity index (χ2n) is 9.92. The summed E-state index contributed by atoms with van der Waals surface area (Å²) in [5.41, 5.74) is 5.42. The molecular weight excluding hydrogens is 380 g/mol. The van der Waals surface area contributed by atoms with Gasteiger partial charge in [-0.3, -0.25) is 9.69 Å². The van der Waals surface area contributed by atoms with Crippen LogP contribution in [-0.4, -0.2) is 41.4 Å². The van der Waals surface area contributed by atoms with Gasteiger partial charge < -0.3 is 4.90 Å². The van der Waals surface area contributed by atoms with E-state index in [0.717, 1.165) is 26.2 Å². The van der Waals surface area contributed by atoms with Gasteiger partial charge in [0.25, 0.3) is 0 Å². The van der Waals surface area contributed by atoms with Gasteiger partial charge in [-0.25, -0.2) is 0 Å². The van der Waals surface area contributed by atoms with E-state index in [9.17, 15) is 4.79 Å². The number of likely N-dealkylation sites (tertiary alicyclic amines) is 1. The summed E-state index contributed by atoms with van der Waals surface area (Å²) in [6.07, 6.45) is 6.20. The lowest BCUT2D eigenvalue weighted by Gasteiger charge is -2.36. The molecule has 1 saturated heterocycles. The highest BCUT2D eigenvalue weighted by Gasteiger charge is 2.37. The molecule has 31 heavy (non-hydrogen) atoms. The third-order valence-electron chi connectivity index (χ3n) is 7.40. The molecule has 1 aliphatic heterocycles. The molecule has 0 N–H and O–H groups in total. The Morgan fingerprint density at radius 3 is 2.13 bits per heavy atom. The van der Waals surface area contributed by atoms with Crippen molar-refractivity contribution in [3.63, 3.8) is 0 Å². The van der Waals surface area contributed by atoms with E-state index < -0.39 is 0 Å². The van der Waals surface area contributed by atoms with Crippen molar-refractivity contribution in [2.24, 2.45) is 5.92 Å². The van der Waals surface area contributed by atoms with E-state index in [1.165, 1.54) is 54.4 Å². The molecule has 166 valence electrons. The predicted octanol–water partition coefficient (Wildman–Crippen LogP) is 5.70. The van der Waals surface area contributed by atoms with E-state index in [1.54, 1.807) is 6.92 Å². The summed E-state index contributed by atoms with van der Waals surface area (Å²) < 4.78 is 0. The van der Waals surface area contributed by atoms with Gasteiger partial charge in [0, 0.05) is 45.1 Å². The highest BCUT2D eigenvalue weighted by atomic mass is 16.2. The Bertz CT molecular complexity index is 852. The monoisotopic (exact) mass is 418 g/mol. The molecule has 4 rings (SSSR count). The lowest BCUT2D eigenvalue weighted by atomic mass is 9.87. The number of hydrogen-bond donors (Lipinski definition) is 0. The molecule has 0 radical (unpaired) electrons. The summed E-state index contributed by atoms with van der Waals surface area (Å²) in [5, 5.41) is 0. The van der Waals surface area contributed by atoms with Crippen LogP contribution in [0.1, 0.15) is 67.2 Å². The predicted molar refractivity (Wildman–Crippen MR) is 128 cm³/mol. The fourth-order valence-electron chi connectivity index (χ4n) is 5.60. The molecule has 1 amide bonds. The molecule has 0 unspecified atom stereocenters. The molecule has 0 spiro atoms. The molecule has 0 aromatic heterocycles. The molecule has 1 heterocycles. The number of carbonyl (C=O) groups is 1.